The van der Waals surface area contributed by atoms with Gasteiger partial charge in [-0.05, 0) is 48.9 Å². The van der Waals surface area contributed by atoms with E-state index in [1.807, 2.05) is 25.1 Å². The van der Waals surface area contributed by atoms with Crippen molar-refractivity contribution in [2.24, 2.45) is 0 Å². The molecule has 4 rings (SSSR count). The number of nitrogens with zero attached hydrogens (tertiary/aromatic N) is 3. The molecule has 3 aromatic rings. The minimum atomic E-state index is -0.773. The summed E-state index contributed by atoms with van der Waals surface area (Å²) in [5.41, 5.74) is 2.26. The van der Waals surface area contributed by atoms with Crippen molar-refractivity contribution in [2.75, 3.05) is 17.7 Å². The lowest BCUT2D eigenvalue weighted by atomic mass is 10.2. The molecular weight excluding hydrogens is 394 g/mol. The fourth-order valence-corrected chi connectivity index (χ4v) is 3.21. The van der Waals surface area contributed by atoms with Gasteiger partial charge in [0, 0.05) is 16.3 Å². The number of halogens is 1. The van der Waals surface area contributed by atoms with Crippen LogP contribution in [0.1, 0.15) is 18.0 Å². The molecule has 8 nitrogen and oxygen atoms in total. The van der Waals surface area contributed by atoms with E-state index in [2.05, 4.69) is 20.7 Å². The van der Waals surface area contributed by atoms with Gasteiger partial charge in [0.15, 0.2) is 5.82 Å². The van der Waals surface area contributed by atoms with Gasteiger partial charge in [-0.3, -0.25) is 14.9 Å². The minimum Gasteiger partial charge on any atom is -0.497 e. The lowest BCUT2D eigenvalue weighted by molar-refractivity contribution is -0.123. The third-order valence-corrected chi connectivity index (χ3v) is 5.05. The van der Waals surface area contributed by atoms with E-state index in [-0.39, 0.29) is 18.2 Å². The molecule has 9 heteroatoms. The number of fused-ring (bicyclic) bond motifs is 1. The van der Waals surface area contributed by atoms with Crippen molar-refractivity contribution in [1.82, 2.24) is 14.8 Å². The molecule has 2 amide bonds. The molecule has 0 bridgehead atoms. The van der Waals surface area contributed by atoms with Crippen molar-refractivity contribution in [3.05, 3.63) is 53.1 Å². The molecule has 1 aliphatic heterocycles. The number of methoxy groups -OCH3 is 1. The average Bonchev–Trinajstić information content (AvgIpc) is 3.23. The van der Waals surface area contributed by atoms with Gasteiger partial charge in [-0.2, -0.15) is 4.98 Å². The summed E-state index contributed by atoms with van der Waals surface area (Å²) < 4.78 is 6.60. The summed E-state index contributed by atoms with van der Waals surface area (Å²) in [6.07, 6.45) is -0.0737. The van der Waals surface area contributed by atoms with Gasteiger partial charge in [-0.15, -0.1) is 5.10 Å². The highest BCUT2D eigenvalue weighted by molar-refractivity contribution is 6.31. The van der Waals surface area contributed by atoms with E-state index >= 15 is 0 Å². The van der Waals surface area contributed by atoms with Crippen LogP contribution in [-0.4, -0.2) is 33.7 Å². The molecule has 2 heterocycles. The second-order valence-electron chi connectivity index (χ2n) is 6.65. The number of hydrogen-bond acceptors (Lipinski definition) is 5. The topological polar surface area (TPSA) is 98.1 Å². The van der Waals surface area contributed by atoms with Crippen LogP contribution < -0.4 is 15.4 Å². The Kier molecular flexibility index (Phi) is 4.94. The Morgan fingerprint density at radius 2 is 2.03 bits per heavy atom. The molecule has 1 aromatic heterocycles. The molecule has 0 fully saturated rings. The summed E-state index contributed by atoms with van der Waals surface area (Å²) in [5.74, 6) is 0.854. The summed E-state index contributed by atoms with van der Waals surface area (Å²) in [7, 11) is 1.59. The Balaban J connectivity index is 1.50. The van der Waals surface area contributed by atoms with E-state index in [0.717, 1.165) is 16.9 Å². The van der Waals surface area contributed by atoms with Crippen molar-refractivity contribution in [2.45, 2.75) is 19.4 Å². The predicted molar refractivity (Wildman–Crippen MR) is 109 cm³/mol. The third-order valence-electron chi connectivity index (χ3n) is 4.65. The number of nitrogens with one attached hydrogen (secondary N) is 2. The van der Waals surface area contributed by atoms with Crippen LogP contribution in [-0.2, 0) is 9.59 Å². The molecule has 1 unspecified atom stereocenters. The van der Waals surface area contributed by atoms with Gasteiger partial charge in [-0.25, -0.2) is 4.68 Å². The van der Waals surface area contributed by atoms with Crippen LogP contribution in [0.5, 0.6) is 5.75 Å². The van der Waals surface area contributed by atoms with Crippen LogP contribution in [0, 0.1) is 6.92 Å². The molecule has 1 aliphatic rings. The Bertz CT molecular complexity index is 1090. The fraction of sp³-hybridized carbons (Fsp3) is 0.200. The zero-order valence-corrected chi connectivity index (χ0v) is 16.5. The molecule has 1 atom stereocenters. The first-order chi connectivity index (χ1) is 13.9. The van der Waals surface area contributed by atoms with Crippen molar-refractivity contribution in [3.63, 3.8) is 0 Å². The zero-order valence-electron chi connectivity index (χ0n) is 15.8. The quantitative estimate of drug-likeness (QED) is 0.670. The number of carbonyl (C=O) groups excluding carboxylic acids is 2. The minimum absolute atomic E-state index is 0.0737. The van der Waals surface area contributed by atoms with Crippen LogP contribution in [0.2, 0.25) is 5.02 Å². The smallest absolute Gasteiger partial charge is 0.252 e. The van der Waals surface area contributed by atoms with Crippen LogP contribution in [0.15, 0.2) is 42.5 Å². The second-order valence-corrected chi connectivity index (χ2v) is 7.06. The first-order valence-electron chi connectivity index (χ1n) is 8.92. The molecular formula is C20H18ClN5O3. The molecule has 0 aliphatic carbocycles. The zero-order chi connectivity index (χ0) is 20.5. The van der Waals surface area contributed by atoms with E-state index in [4.69, 9.17) is 16.3 Å². The summed E-state index contributed by atoms with van der Waals surface area (Å²) in [5, 5.41) is 10.4. The summed E-state index contributed by atoms with van der Waals surface area (Å²) in [4.78, 5) is 29.1. The number of carbonyl (C=O) groups is 2. The van der Waals surface area contributed by atoms with Gasteiger partial charge in [0.2, 0.25) is 11.9 Å². The van der Waals surface area contributed by atoms with Gasteiger partial charge in [0.25, 0.3) is 5.91 Å². The predicted octanol–water partition coefficient (Wildman–Crippen LogP) is 3.44. The highest BCUT2D eigenvalue weighted by Crippen LogP contribution is 2.29. The van der Waals surface area contributed by atoms with Crippen molar-refractivity contribution >= 4 is 35.1 Å². The van der Waals surface area contributed by atoms with Gasteiger partial charge < -0.3 is 10.1 Å². The second kappa shape index (κ2) is 7.56. The number of amides is 2. The maximum atomic E-state index is 12.5. The number of rotatable bonds is 5. The first-order valence-corrected chi connectivity index (χ1v) is 9.30. The Labute approximate surface area is 171 Å². The van der Waals surface area contributed by atoms with Crippen molar-refractivity contribution in [3.8, 4) is 17.1 Å². The molecule has 0 saturated heterocycles. The molecule has 148 valence electrons. The highest BCUT2D eigenvalue weighted by Gasteiger charge is 2.35. The summed E-state index contributed by atoms with van der Waals surface area (Å²) in [6, 6.07) is 11.7. The normalized spacial score (nSPS) is 15.0. The molecule has 2 aromatic carbocycles. The molecule has 2 N–H and O–H groups in total. The van der Waals surface area contributed by atoms with Gasteiger partial charge >= 0.3 is 0 Å². The number of hydrogen-bond donors (Lipinski definition) is 2. The fourth-order valence-electron chi connectivity index (χ4n) is 3.03. The molecule has 0 radical (unpaired) electrons. The van der Waals surface area contributed by atoms with E-state index in [0.29, 0.717) is 22.5 Å². The first kappa shape index (κ1) is 18.9. The molecule has 29 heavy (non-hydrogen) atoms. The molecule has 0 spiro atoms. The van der Waals surface area contributed by atoms with Crippen LogP contribution in [0.25, 0.3) is 11.4 Å². The van der Waals surface area contributed by atoms with E-state index in [1.54, 1.807) is 31.4 Å². The Hall–Kier alpha value is -3.39. The Morgan fingerprint density at radius 1 is 1.28 bits per heavy atom. The highest BCUT2D eigenvalue weighted by atomic mass is 35.5. The van der Waals surface area contributed by atoms with Gasteiger partial charge in [-0.1, -0.05) is 17.7 Å². The average molecular weight is 412 g/mol. The largest absolute Gasteiger partial charge is 0.497 e. The monoisotopic (exact) mass is 411 g/mol. The standard InChI is InChI=1S/C20H18ClN5O3/c1-11-3-6-13(9-15(11)21)22-17(27)10-16-19(28)24-20-23-18(25-26(16)20)12-4-7-14(29-2)8-5-12/h3-9,16H,10H2,1-2H3,(H,22,27)(H,23,24,25,28). The molecule has 0 saturated carbocycles. The number of benzene rings is 2. The summed E-state index contributed by atoms with van der Waals surface area (Å²) in [6.45, 7) is 1.88. The van der Waals surface area contributed by atoms with Crippen LogP contribution in [0.3, 0.4) is 0 Å². The van der Waals surface area contributed by atoms with Crippen LogP contribution >= 0.6 is 11.6 Å². The number of aromatic nitrogens is 3. The van der Waals surface area contributed by atoms with Crippen LogP contribution in [0.4, 0.5) is 11.6 Å². The maximum absolute atomic E-state index is 12.5. The van der Waals surface area contributed by atoms with E-state index in [9.17, 15) is 9.59 Å². The van der Waals surface area contributed by atoms with Gasteiger partial charge in [0.1, 0.15) is 11.8 Å². The van der Waals surface area contributed by atoms with E-state index in [1.165, 1.54) is 4.68 Å². The third kappa shape index (κ3) is 3.79. The van der Waals surface area contributed by atoms with Crippen molar-refractivity contribution < 1.29 is 14.3 Å². The van der Waals surface area contributed by atoms with E-state index < -0.39 is 6.04 Å². The lowest BCUT2D eigenvalue weighted by Crippen LogP contribution is -2.23. The maximum Gasteiger partial charge on any atom is 0.252 e. The Morgan fingerprint density at radius 3 is 2.72 bits per heavy atom. The summed E-state index contributed by atoms with van der Waals surface area (Å²) >= 11 is 6.09. The van der Waals surface area contributed by atoms with Gasteiger partial charge in [0.05, 0.1) is 13.5 Å². The van der Waals surface area contributed by atoms with Crippen molar-refractivity contribution in [1.29, 1.82) is 0 Å². The number of aryl methyl sites for hydroxylation is 1. The number of anilines is 2. The lowest BCUT2D eigenvalue weighted by Gasteiger charge is -2.10. The SMILES string of the molecule is COc1ccc(-c2nc3n(n2)C(CC(=O)Nc2ccc(C)c(Cl)c2)C(=O)N3)cc1. The number of ether oxygens (including phenoxy) is 1.